The van der Waals surface area contributed by atoms with Crippen molar-refractivity contribution in [2.45, 2.75) is 31.1 Å². The first-order chi connectivity index (χ1) is 14.8. The fourth-order valence-electron chi connectivity index (χ4n) is 3.62. The van der Waals surface area contributed by atoms with E-state index in [0.717, 1.165) is 25.0 Å². The number of alkyl halides is 3. The number of amides is 2. The molecule has 1 saturated heterocycles. The average Bonchev–Trinajstić information content (AvgIpc) is 3.39. The maximum Gasteiger partial charge on any atom is 0.417 e. The number of carbonyl (C=O) groups is 2. The van der Waals surface area contributed by atoms with Crippen molar-refractivity contribution in [2.75, 3.05) is 24.5 Å². The molecular formula is C21H19F3N4O2S. The van der Waals surface area contributed by atoms with Crippen LogP contribution in [-0.4, -0.2) is 48.4 Å². The molecule has 1 aromatic carbocycles. The zero-order chi connectivity index (χ0) is 22.2. The van der Waals surface area contributed by atoms with Crippen LogP contribution in [-0.2, 0) is 11.0 Å². The number of carbonyl (C=O) groups excluding carboxylic acids is 2. The largest absolute Gasteiger partial charge is 0.417 e. The van der Waals surface area contributed by atoms with Crippen LogP contribution in [0.2, 0.25) is 0 Å². The van der Waals surface area contributed by atoms with Gasteiger partial charge in [0.1, 0.15) is 6.04 Å². The summed E-state index contributed by atoms with van der Waals surface area (Å²) in [6.07, 6.45) is -2.91. The molecule has 10 heteroatoms. The van der Waals surface area contributed by atoms with E-state index in [0.29, 0.717) is 5.56 Å². The Morgan fingerprint density at radius 3 is 2.58 bits per heavy atom. The van der Waals surface area contributed by atoms with E-state index in [1.54, 1.807) is 27.8 Å². The van der Waals surface area contributed by atoms with E-state index in [2.05, 4.69) is 5.32 Å². The Morgan fingerprint density at radius 2 is 1.97 bits per heavy atom. The van der Waals surface area contributed by atoms with Crippen molar-refractivity contribution in [1.29, 1.82) is 5.26 Å². The van der Waals surface area contributed by atoms with Crippen molar-refractivity contribution in [1.82, 2.24) is 10.2 Å². The number of halogens is 3. The van der Waals surface area contributed by atoms with Gasteiger partial charge in [0.25, 0.3) is 5.91 Å². The Morgan fingerprint density at radius 1 is 1.19 bits per heavy atom. The molecule has 1 aliphatic carbocycles. The smallest absolute Gasteiger partial charge is 0.367 e. The molecule has 6 nitrogen and oxygen atoms in total. The standard InChI is InChI=1S/C21H19F3N4O2S/c22-21(23,24)17-9-16(4-1-13(17)10-25)27-6-7-28(20(30)14-5-8-31-12-14)18(11-27)19(29)26-15-2-3-15/h1,4-5,8-9,12,15,18H,2-3,6-7,11H2,(H,26,29). The fourth-order valence-corrected chi connectivity index (χ4v) is 4.25. The van der Waals surface area contributed by atoms with Crippen LogP contribution < -0.4 is 10.2 Å². The Labute approximate surface area is 180 Å². The van der Waals surface area contributed by atoms with Crippen LogP contribution in [0.1, 0.15) is 34.3 Å². The van der Waals surface area contributed by atoms with Gasteiger partial charge in [0.15, 0.2) is 0 Å². The van der Waals surface area contributed by atoms with Gasteiger partial charge in [0.2, 0.25) is 5.91 Å². The lowest BCUT2D eigenvalue weighted by molar-refractivity contribution is -0.137. The summed E-state index contributed by atoms with van der Waals surface area (Å²) in [6, 6.07) is 6.04. The highest BCUT2D eigenvalue weighted by Crippen LogP contribution is 2.35. The lowest BCUT2D eigenvalue weighted by atomic mass is 10.0. The molecule has 1 unspecified atom stereocenters. The first kappa shape index (κ1) is 21.2. The lowest BCUT2D eigenvalue weighted by Gasteiger charge is -2.41. The first-order valence-corrected chi connectivity index (χ1v) is 10.7. The molecule has 162 valence electrons. The van der Waals surface area contributed by atoms with Crippen LogP contribution in [0.15, 0.2) is 35.0 Å². The van der Waals surface area contributed by atoms with Gasteiger partial charge in [0.05, 0.1) is 22.8 Å². The van der Waals surface area contributed by atoms with E-state index in [-0.39, 0.29) is 43.2 Å². The van der Waals surface area contributed by atoms with Gasteiger partial charge in [-0.25, -0.2) is 0 Å². The van der Waals surface area contributed by atoms with Crippen molar-refractivity contribution in [2.24, 2.45) is 0 Å². The van der Waals surface area contributed by atoms with Crippen molar-refractivity contribution < 1.29 is 22.8 Å². The number of rotatable bonds is 4. The number of nitrogens with one attached hydrogen (secondary N) is 1. The van der Waals surface area contributed by atoms with Gasteiger partial charge in [-0.15, -0.1) is 0 Å². The van der Waals surface area contributed by atoms with Crippen LogP contribution in [0.25, 0.3) is 0 Å². The average molecular weight is 448 g/mol. The SMILES string of the molecule is N#Cc1ccc(N2CCN(C(=O)c3ccsc3)C(C(=O)NC3CC3)C2)cc1C(F)(F)F. The van der Waals surface area contributed by atoms with Gasteiger partial charge in [-0.05, 0) is 42.5 Å². The molecule has 1 saturated carbocycles. The Kier molecular flexibility index (Phi) is 5.62. The normalized spacial score (nSPS) is 19.1. The maximum absolute atomic E-state index is 13.4. The predicted octanol–water partition coefficient (Wildman–Crippen LogP) is 3.25. The molecule has 2 fully saturated rings. The zero-order valence-electron chi connectivity index (χ0n) is 16.4. The fraction of sp³-hybridized carbons (Fsp3) is 0.381. The number of anilines is 1. The summed E-state index contributed by atoms with van der Waals surface area (Å²) in [5.41, 5.74) is -0.715. The summed E-state index contributed by atoms with van der Waals surface area (Å²) in [4.78, 5) is 29.0. The number of nitrogens with zero attached hydrogens (tertiary/aromatic N) is 3. The number of hydrogen-bond acceptors (Lipinski definition) is 5. The second-order valence-corrected chi connectivity index (χ2v) is 8.37. The molecular weight excluding hydrogens is 429 g/mol. The van der Waals surface area contributed by atoms with Gasteiger partial charge in [0, 0.05) is 36.7 Å². The second kappa shape index (κ2) is 8.23. The molecule has 0 spiro atoms. The monoisotopic (exact) mass is 448 g/mol. The van der Waals surface area contributed by atoms with Crippen LogP contribution in [0.3, 0.4) is 0 Å². The molecule has 31 heavy (non-hydrogen) atoms. The third-order valence-corrected chi connectivity index (χ3v) is 6.11. The number of piperazine rings is 1. The summed E-state index contributed by atoms with van der Waals surface area (Å²) < 4.78 is 40.1. The molecule has 1 aromatic heterocycles. The molecule has 4 rings (SSSR count). The number of thiophene rings is 1. The maximum atomic E-state index is 13.4. The van der Waals surface area contributed by atoms with E-state index in [1.165, 1.54) is 22.3 Å². The van der Waals surface area contributed by atoms with E-state index in [9.17, 15) is 22.8 Å². The highest BCUT2D eigenvalue weighted by molar-refractivity contribution is 7.08. The van der Waals surface area contributed by atoms with E-state index in [4.69, 9.17) is 5.26 Å². The molecule has 2 aliphatic rings. The van der Waals surface area contributed by atoms with Crippen LogP contribution >= 0.6 is 11.3 Å². The van der Waals surface area contributed by atoms with Crippen molar-refractivity contribution in [3.05, 3.63) is 51.7 Å². The molecule has 2 heterocycles. The highest BCUT2D eigenvalue weighted by atomic mass is 32.1. The third kappa shape index (κ3) is 4.51. The summed E-state index contributed by atoms with van der Waals surface area (Å²) in [6.45, 7) is 0.530. The van der Waals surface area contributed by atoms with Crippen molar-refractivity contribution in [3.63, 3.8) is 0 Å². The number of hydrogen-bond donors (Lipinski definition) is 1. The van der Waals surface area contributed by atoms with E-state index < -0.39 is 23.3 Å². The molecule has 2 amide bonds. The van der Waals surface area contributed by atoms with Gasteiger partial charge in [-0.3, -0.25) is 9.59 Å². The minimum Gasteiger partial charge on any atom is -0.367 e. The lowest BCUT2D eigenvalue weighted by Crippen LogP contribution is -2.61. The molecule has 1 N–H and O–H groups in total. The molecule has 1 atom stereocenters. The summed E-state index contributed by atoms with van der Waals surface area (Å²) in [7, 11) is 0. The van der Waals surface area contributed by atoms with Gasteiger partial charge >= 0.3 is 6.18 Å². The number of nitriles is 1. The first-order valence-electron chi connectivity index (χ1n) is 9.78. The molecule has 0 bridgehead atoms. The Hall–Kier alpha value is -3.06. The van der Waals surface area contributed by atoms with Gasteiger partial charge < -0.3 is 15.1 Å². The number of benzene rings is 1. The summed E-state index contributed by atoms with van der Waals surface area (Å²) >= 11 is 1.38. The van der Waals surface area contributed by atoms with Crippen LogP contribution in [0.5, 0.6) is 0 Å². The van der Waals surface area contributed by atoms with Crippen LogP contribution in [0.4, 0.5) is 18.9 Å². The Bertz CT molecular complexity index is 1030. The minimum atomic E-state index is -4.67. The third-order valence-electron chi connectivity index (χ3n) is 5.43. The van der Waals surface area contributed by atoms with Crippen molar-refractivity contribution >= 4 is 28.8 Å². The van der Waals surface area contributed by atoms with Crippen molar-refractivity contribution in [3.8, 4) is 6.07 Å². The van der Waals surface area contributed by atoms with Gasteiger partial charge in [-0.1, -0.05) is 0 Å². The van der Waals surface area contributed by atoms with Gasteiger partial charge in [-0.2, -0.15) is 29.8 Å². The molecule has 2 aromatic rings. The quantitative estimate of drug-likeness (QED) is 0.779. The zero-order valence-corrected chi connectivity index (χ0v) is 17.2. The minimum absolute atomic E-state index is 0.0671. The second-order valence-electron chi connectivity index (χ2n) is 7.59. The predicted molar refractivity (Wildman–Crippen MR) is 109 cm³/mol. The summed E-state index contributed by atoms with van der Waals surface area (Å²) in [5, 5.41) is 15.4. The Balaban J connectivity index is 1.61. The van der Waals surface area contributed by atoms with E-state index >= 15 is 0 Å². The van der Waals surface area contributed by atoms with E-state index in [1.807, 2.05) is 0 Å². The molecule has 1 aliphatic heterocycles. The summed E-state index contributed by atoms with van der Waals surface area (Å²) in [5.74, 6) is -0.576. The van der Waals surface area contributed by atoms with Crippen LogP contribution in [0, 0.1) is 11.3 Å². The highest BCUT2D eigenvalue weighted by Gasteiger charge is 2.39. The topological polar surface area (TPSA) is 76.4 Å². The molecule has 0 radical (unpaired) electrons.